The minimum atomic E-state index is -0.418. The Morgan fingerprint density at radius 1 is 1.38 bits per heavy atom. The normalized spacial score (nSPS) is 18.0. The van der Waals surface area contributed by atoms with E-state index in [1.54, 1.807) is 30.0 Å². The van der Waals surface area contributed by atoms with Gasteiger partial charge in [-0.2, -0.15) is 0 Å². The molecule has 0 radical (unpaired) electrons. The molecule has 1 atom stereocenters. The van der Waals surface area contributed by atoms with Crippen molar-refractivity contribution in [3.8, 4) is 5.88 Å². The van der Waals surface area contributed by atoms with Crippen molar-refractivity contribution < 1.29 is 18.7 Å². The summed E-state index contributed by atoms with van der Waals surface area (Å²) in [5, 5.41) is 7.77. The molecule has 1 aliphatic rings. The van der Waals surface area contributed by atoms with E-state index in [9.17, 15) is 4.79 Å². The number of ether oxygens (including phenoxy) is 2. The molecule has 0 spiro atoms. The molecule has 1 amide bonds. The van der Waals surface area contributed by atoms with E-state index < -0.39 is 6.10 Å². The van der Waals surface area contributed by atoms with Gasteiger partial charge in [0.15, 0.2) is 6.10 Å². The molecule has 3 heterocycles. The fourth-order valence-corrected chi connectivity index (χ4v) is 2.43. The van der Waals surface area contributed by atoms with E-state index in [0.717, 1.165) is 0 Å². The second kappa shape index (κ2) is 6.96. The number of hydrogen-bond donors (Lipinski definition) is 0. The van der Waals surface area contributed by atoms with Crippen molar-refractivity contribution in [1.82, 2.24) is 20.1 Å². The molecule has 0 saturated carbocycles. The average molecular weight is 332 g/mol. The van der Waals surface area contributed by atoms with Gasteiger partial charge in [0, 0.05) is 19.5 Å². The van der Waals surface area contributed by atoms with Crippen LogP contribution in [0.15, 0.2) is 22.6 Å². The third-order valence-electron chi connectivity index (χ3n) is 3.47. The van der Waals surface area contributed by atoms with Crippen LogP contribution in [0.1, 0.15) is 42.2 Å². The van der Waals surface area contributed by atoms with Crippen LogP contribution in [0.2, 0.25) is 0 Å². The number of aromatic nitrogens is 3. The quantitative estimate of drug-likeness (QED) is 0.842. The first kappa shape index (κ1) is 16.4. The van der Waals surface area contributed by atoms with Crippen LogP contribution in [0.4, 0.5) is 0 Å². The van der Waals surface area contributed by atoms with Crippen molar-refractivity contribution in [1.29, 1.82) is 0 Å². The summed E-state index contributed by atoms with van der Waals surface area (Å²) < 4.78 is 16.6. The van der Waals surface area contributed by atoms with Gasteiger partial charge in [-0.15, -0.1) is 10.2 Å². The molecule has 128 valence electrons. The maximum absolute atomic E-state index is 12.7. The van der Waals surface area contributed by atoms with Crippen LogP contribution in [-0.2, 0) is 4.74 Å². The van der Waals surface area contributed by atoms with Crippen LogP contribution in [0.25, 0.3) is 0 Å². The lowest BCUT2D eigenvalue weighted by atomic mass is 10.2. The monoisotopic (exact) mass is 332 g/mol. The molecule has 1 saturated heterocycles. The van der Waals surface area contributed by atoms with Gasteiger partial charge in [0.05, 0.1) is 19.3 Å². The predicted molar refractivity (Wildman–Crippen MR) is 83.6 cm³/mol. The van der Waals surface area contributed by atoms with Gasteiger partial charge in [-0.3, -0.25) is 4.79 Å². The van der Waals surface area contributed by atoms with Crippen molar-refractivity contribution in [2.45, 2.75) is 33.0 Å². The van der Waals surface area contributed by atoms with Gasteiger partial charge in [-0.1, -0.05) is 6.07 Å². The fraction of sp³-hybridized carbons (Fsp3) is 0.500. The van der Waals surface area contributed by atoms with E-state index >= 15 is 0 Å². The highest BCUT2D eigenvalue weighted by Crippen LogP contribution is 2.22. The first-order chi connectivity index (χ1) is 11.5. The van der Waals surface area contributed by atoms with Crippen LogP contribution >= 0.6 is 0 Å². The molecule has 2 aromatic heterocycles. The Labute approximate surface area is 139 Å². The van der Waals surface area contributed by atoms with Crippen LogP contribution in [0.5, 0.6) is 5.88 Å². The molecule has 8 nitrogen and oxygen atoms in total. The molecule has 2 aromatic rings. The van der Waals surface area contributed by atoms with Crippen LogP contribution in [-0.4, -0.2) is 51.8 Å². The molecule has 8 heteroatoms. The summed E-state index contributed by atoms with van der Waals surface area (Å²) in [6.45, 7) is 6.77. The lowest BCUT2D eigenvalue weighted by Gasteiger charge is -2.31. The van der Waals surface area contributed by atoms with E-state index in [2.05, 4.69) is 15.2 Å². The Morgan fingerprint density at radius 3 is 2.92 bits per heavy atom. The Hall–Kier alpha value is -2.48. The van der Waals surface area contributed by atoms with Gasteiger partial charge in [-0.05, 0) is 19.9 Å². The first-order valence-corrected chi connectivity index (χ1v) is 7.87. The lowest BCUT2D eigenvalue weighted by molar-refractivity contribution is -0.0351. The highest BCUT2D eigenvalue weighted by molar-refractivity contribution is 5.92. The second-order valence-corrected chi connectivity index (χ2v) is 5.80. The van der Waals surface area contributed by atoms with E-state index in [0.29, 0.717) is 43.1 Å². The summed E-state index contributed by atoms with van der Waals surface area (Å²) in [5.74, 6) is 1.12. The molecule has 0 N–H and O–H groups in total. The van der Waals surface area contributed by atoms with Crippen molar-refractivity contribution in [2.24, 2.45) is 0 Å². The number of amides is 1. The van der Waals surface area contributed by atoms with Crippen molar-refractivity contribution in [3.05, 3.63) is 35.7 Å². The Balaban J connectivity index is 1.72. The molecule has 3 rings (SSSR count). The molecule has 1 fully saturated rings. The largest absolute Gasteiger partial charge is 0.475 e. The molecule has 0 bridgehead atoms. The third-order valence-corrected chi connectivity index (χ3v) is 3.47. The van der Waals surface area contributed by atoms with Gasteiger partial charge in [0.2, 0.25) is 17.7 Å². The third kappa shape index (κ3) is 3.70. The van der Waals surface area contributed by atoms with E-state index in [-0.39, 0.29) is 12.0 Å². The summed E-state index contributed by atoms with van der Waals surface area (Å²) in [6.07, 6.45) is -0.421. The number of morpholine rings is 1. The first-order valence-electron chi connectivity index (χ1n) is 7.87. The average Bonchev–Trinajstić information content (AvgIpc) is 3.00. The number of nitrogens with zero attached hydrogens (tertiary/aromatic N) is 4. The SMILES string of the molecule is Cc1nnc(C2CN(C(=O)c3cccc(OC(C)C)n3)CCO2)o1. The molecular weight excluding hydrogens is 312 g/mol. The van der Waals surface area contributed by atoms with Gasteiger partial charge < -0.3 is 18.8 Å². The van der Waals surface area contributed by atoms with Crippen LogP contribution in [0, 0.1) is 6.92 Å². The molecule has 24 heavy (non-hydrogen) atoms. The Bertz CT molecular complexity index is 716. The number of carbonyl (C=O) groups is 1. The standard InChI is InChI=1S/C16H20N4O4/c1-10(2)23-14-6-4-5-12(17-14)16(21)20-7-8-22-13(9-20)15-19-18-11(3)24-15/h4-6,10,13H,7-9H2,1-3H3. The zero-order valence-corrected chi connectivity index (χ0v) is 13.9. The lowest BCUT2D eigenvalue weighted by Crippen LogP contribution is -2.42. The highest BCUT2D eigenvalue weighted by atomic mass is 16.5. The predicted octanol–water partition coefficient (Wildman–Crippen LogP) is 1.77. The molecule has 1 unspecified atom stereocenters. The number of pyridine rings is 1. The van der Waals surface area contributed by atoms with E-state index in [1.807, 2.05) is 13.8 Å². The summed E-state index contributed by atoms with van der Waals surface area (Å²) in [5.41, 5.74) is 0.343. The summed E-state index contributed by atoms with van der Waals surface area (Å²) in [4.78, 5) is 18.7. The number of aryl methyl sites for hydroxylation is 1. The van der Waals surface area contributed by atoms with E-state index in [4.69, 9.17) is 13.9 Å². The van der Waals surface area contributed by atoms with Crippen LogP contribution < -0.4 is 4.74 Å². The smallest absolute Gasteiger partial charge is 0.272 e. The zero-order chi connectivity index (χ0) is 17.1. The van der Waals surface area contributed by atoms with Gasteiger partial charge in [-0.25, -0.2) is 4.98 Å². The van der Waals surface area contributed by atoms with Crippen molar-refractivity contribution in [3.63, 3.8) is 0 Å². The fourth-order valence-electron chi connectivity index (χ4n) is 2.43. The highest BCUT2D eigenvalue weighted by Gasteiger charge is 2.30. The molecule has 0 aromatic carbocycles. The van der Waals surface area contributed by atoms with Crippen molar-refractivity contribution >= 4 is 5.91 Å². The van der Waals surface area contributed by atoms with Gasteiger partial charge in [0.1, 0.15) is 5.69 Å². The molecule has 0 aliphatic carbocycles. The number of hydrogen-bond acceptors (Lipinski definition) is 7. The topological polar surface area (TPSA) is 90.6 Å². The molecular formula is C16H20N4O4. The molecule has 1 aliphatic heterocycles. The maximum atomic E-state index is 12.7. The van der Waals surface area contributed by atoms with Gasteiger partial charge >= 0.3 is 0 Å². The minimum absolute atomic E-state index is 0.00335. The van der Waals surface area contributed by atoms with Crippen LogP contribution in [0.3, 0.4) is 0 Å². The number of rotatable bonds is 4. The Kier molecular flexibility index (Phi) is 4.75. The van der Waals surface area contributed by atoms with Crippen molar-refractivity contribution in [2.75, 3.05) is 19.7 Å². The second-order valence-electron chi connectivity index (χ2n) is 5.80. The Morgan fingerprint density at radius 2 is 2.21 bits per heavy atom. The minimum Gasteiger partial charge on any atom is -0.475 e. The van der Waals surface area contributed by atoms with E-state index in [1.165, 1.54) is 0 Å². The summed E-state index contributed by atoms with van der Waals surface area (Å²) >= 11 is 0. The number of carbonyl (C=O) groups excluding carboxylic acids is 1. The van der Waals surface area contributed by atoms with Gasteiger partial charge in [0.25, 0.3) is 5.91 Å². The summed E-state index contributed by atoms with van der Waals surface area (Å²) in [7, 11) is 0. The maximum Gasteiger partial charge on any atom is 0.272 e. The zero-order valence-electron chi connectivity index (χ0n) is 13.9. The summed E-state index contributed by atoms with van der Waals surface area (Å²) in [6, 6.07) is 5.17.